The van der Waals surface area contributed by atoms with E-state index in [-0.39, 0.29) is 12.5 Å². The summed E-state index contributed by atoms with van der Waals surface area (Å²) in [5.74, 6) is -0.778. The van der Waals surface area contributed by atoms with Crippen molar-refractivity contribution in [2.45, 2.75) is 26.4 Å². The topological polar surface area (TPSA) is 69.6 Å². The van der Waals surface area contributed by atoms with Gasteiger partial charge in [-0.2, -0.15) is 0 Å². The highest BCUT2D eigenvalue weighted by Crippen LogP contribution is 2.04. The lowest BCUT2D eigenvalue weighted by Crippen LogP contribution is -2.45. The molecule has 0 aliphatic rings. The van der Waals surface area contributed by atoms with E-state index >= 15 is 0 Å². The molecule has 0 saturated heterocycles. The van der Waals surface area contributed by atoms with Gasteiger partial charge < -0.3 is 5.11 Å². The van der Waals surface area contributed by atoms with Gasteiger partial charge in [0, 0.05) is 12.1 Å². The molecule has 0 radical (unpaired) electrons. The second kappa shape index (κ2) is 7.17. The largest absolute Gasteiger partial charge is 0.389 e. The predicted molar refractivity (Wildman–Crippen MR) is 77.3 cm³/mol. The Kier molecular flexibility index (Phi) is 5.85. The van der Waals surface area contributed by atoms with Crippen molar-refractivity contribution in [1.82, 2.24) is 10.2 Å². The summed E-state index contributed by atoms with van der Waals surface area (Å²) in [5.41, 5.74) is -0.425. The molecule has 0 aromatic heterocycles. The summed E-state index contributed by atoms with van der Waals surface area (Å²) < 4.78 is 0. The van der Waals surface area contributed by atoms with Crippen LogP contribution in [0.5, 0.6) is 0 Å². The van der Waals surface area contributed by atoms with Crippen LogP contribution in [0, 0.1) is 0 Å². The van der Waals surface area contributed by atoms with Gasteiger partial charge in [-0.1, -0.05) is 25.1 Å². The molecule has 5 nitrogen and oxygen atoms in total. The lowest BCUT2D eigenvalue weighted by molar-refractivity contribution is -0.121. The highest BCUT2D eigenvalue weighted by atomic mass is 16.3. The van der Waals surface area contributed by atoms with Crippen molar-refractivity contribution in [3.63, 3.8) is 0 Å². The standard InChI is InChI=1S/C15H22N2O3/c1-4-17(11-15(2,3)20)10-13(18)16-14(19)12-8-6-5-7-9-12/h5-9,20H,4,10-11H2,1-3H3,(H,16,18,19). The first-order valence-electron chi connectivity index (χ1n) is 6.66. The zero-order chi connectivity index (χ0) is 15.2. The lowest BCUT2D eigenvalue weighted by Gasteiger charge is -2.27. The molecule has 2 N–H and O–H groups in total. The first-order chi connectivity index (χ1) is 9.31. The molecule has 2 amide bonds. The molecule has 0 heterocycles. The molecular formula is C15H22N2O3. The van der Waals surface area contributed by atoms with Crippen LogP contribution in [0.3, 0.4) is 0 Å². The van der Waals surface area contributed by atoms with E-state index in [0.717, 1.165) is 0 Å². The Balaban J connectivity index is 2.52. The molecule has 0 atom stereocenters. The molecule has 0 aliphatic carbocycles. The van der Waals surface area contributed by atoms with Crippen molar-refractivity contribution in [2.75, 3.05) is 19.6 Å². The van der Waals surface area contributed by atoms with E-state index in [9.17, 15) is 14.7 Å². The average Bonchev–Trinajstić information content (AvgIpc) is 2.37. The SMILES string of the molecule is CCN(CC(=O)NC(=O)c1ccccc1)CC(C)(C)O. The Morgan fingerprint density at radius 1 is 1.25 bits per heavy atom. The Bertz CT molecular complexity index is 452. The van der Waals surface area contributed by atoms with E-state index in [1.165, 1.54) is 0 Å². The zero-order valence-corrected chi connectivity index (χ0v) is 12.2. The molecule has 20 heavy (non-hydrogen) atoms. The van der Waals surface area contributed by atoms with E-state index in [1.54, 1.807) is 49.1 Å². The lowest BCUT2D eigenvalue weighted by atomic mass is 10.1. The van der Waals surface area contributed by atoms with Gasteiger partial charge in [0.1, 0.15) is 0 Å². The third-order valence-corrected chi connectivity index (χ3v) is 2.71. The van der Waals surface area contributed by atoms with Crippen molar-refractivity contribution >= 4 is 11.8 Å². The normalized spacial score (nSPS) is 11.4. The number of nitrogens with zero attached hydrogens (tertiary/aromatic N) is 1. The number of hydrogen-bond donors (Lipinski definition) is 2. The van der Waals surface area contributed by atoms with E-state index in [4.69, 9.17) is 0 Å². The third kappa shape index (κ3) is 5.95. The number of rotatable bonds is 6. The van der Waals surface area contributed by atoms with Crippen LogP contribution in [0.2, 0.25) is 0 Å². The maximum absolute atomic E-state index is 11.8. The van der Waals surface area contributed by atoms with Crippen LogP contribution in [0.15, 0.2) is 30.3 Å². The summed E-state index contributed by atoms with van der Waals surface area (Å²) in [7, 11) is 0. The minimum Gasteiger partial charge on any atom is -0.389 e. The van der Waals surface area contributed by atoms with Crippen molar-refractivity contribution < 1.29 is 14.7 Å². The van der Waals surface area contributed by atoms with E-state index < -0.39 is 11.5 Å². The number of carbonyl (C=O) groups is 2. The maximum atomic E-state index is 11.8. The number of nitrogens with one attached hydrogen (secondary N) is 1. The Hall–Kier alpha value is -1.72. The zero-order valence-electron chi connectivity index (χ0n) is 12.2. The Labute approximate surface area is 119 Å². The molecule has 0 fully saturated rings. The number of carbonyl (C=O) groups excluding carboxylic acids is 2. The van der Waals surface area contributed by atoms with Crippen LogP contribution >= 0.6 is 0 Å². The smallest absolute Gasteiger partial charge is 0.257 e. The van der Waals surface area contributed by atoms with Gasteiger partial charge in [0.2, 0.25) is 5.91 Å². The average molecular weight is 278 g/mol. The Morgan fingerprint density at radius 2 is 1.85 bits per heavy atom. The van der Waals surface area contributed by atoms with Crippen molar-refractivity contribution in [2.24, 2.45) is 0 Å². The van der Waals surface area contributed by atoms with Crippen molar-refractivity contribution in [3.8, 4) is 0 Å². The molecule has 0 spiro atoms. The highest BCUT2D eigenvalue weighted by Gasteiger charge is 2.20. The Morgan fingerprint density at radius 3 is 2.35 bits per heavy atom. The fourth-order valence-electron chi connectivity index (χ4n) is 1.86. The van der Waals surface area contributed by atoms with Crippen molar-refractivity contribution in [1.29, 1.82) is 0 Å². The first kappa shape index (κ1) is 16.3. The number of benzene rings is 1. The van der Waals surface area contributed by atoms with Crippen LogP contribution in [0.1, 0.15) is 31.1 Å². The van der Waals surface area contributed by atoms with Gasteiger partial charge in [-0.05, 0) is 32.5 Å². The summed E-state index contributed by atoms with van der Waals surface area (Å²) in [6.45, 7) is 6.34. The second-order valence-corrected chi connectivity index (χ2v) is 5.36. The summed E-state index contributed by atoms with van der Waals surface area (Å²) in [4.78, 5) is 25.4. The minimum absolute atomic E-state index is 0.0824. The van der Waals surface area contributed by atoms with Crippen LogP contribution in [0.4, 0.5) is 0 Å². The molecule has 1 rings (SSSR count). The molecule has 110 valence electrons. The second-order valence-electron chi connectivity index (χ2n) is 5.36. The van der Waals surface area contributed by atoms with Gasteiger partial charge in [-0.15, -0.1) is 0 Å². The van der Waals surface area contributed by atoms with Crippen LogP contribution in [-0.4, -0.2) is 47.1 Å². The van der Waals surface area contributed by atoms with Gasteiger partial charge in [-0.25, -0.2) is 0 Å². The fourth-order valence-corrected chi connectivity index (χ4v) is 1.86. The van der Waals surface area contributed by atoms with Crippen molar-refractivity contribution in [3.05, 3.63) is 35.9 Å². The molecule has 1 aromatic carbocycles. The maximum Gasteiger partial charge on any atom is 0.257 e. The van der Waals surface area contributed by atoms with Crippen LogP contribution < -0.4 is 5.32 Å². The number of aliphatic hydroxyl groups is 1. The monoisotopic (exact) mass is 278 g/mol. The van der Waals surface area contributed by atoms with Gasteiger partial charge in [-0.3, -0.25) is 19.8 Å². The summed E-state index contributed by atoms with van der Waals surface area (Å²) in [6, 6.07) is 8.59. The molecule has 0 aliphatic heterocycles. The van der Waals surface area contributed by atoms with Gasteiger partial charge in [0.05, 0.1) is 12.1 Å². The highest BCUT2D eigenvalue weighted by molar-refractivity contribution is 6.05. The number of amides is 2. The van der Waals surface area contributed by atoms with Crippen LogP contribution in [-0.2, 0) is 4.79 Å². The quantitative estimate of drug-likeness (QED) is 0.815. The number of likely N-dealkylation sites (N-methyl/N-ethyl adjacent to an activating group) is 1. The predicted octanol–water partition coefficient (Wildman–Crippen LogP) is 1.04. The van der Waals surface area contributed by atoms with Gasteiger partial charge in [0.25, 0.3) is 5.91 Å². The van der Waals surface area contributed by atoms with Gasteiger partial charge >= 0.3 is 0 Å². The van der Waals surface area contributed by atoms with Gasteiger partial charge in [0.15, 0.2) is 0 Å². The molecule has 0 bridgehead atoms. The molecule has 1 aromatic rings. The third-order valence-electron chi connectivity index (χ3n) is 2.71. The summed E-state index contributed by atoms with van der Waals surface area (Å²) >= 11 is 0. The summed E-state index contributed by atoms with van der Waals surface area (Å²) in [6.07, 6.45) is 0. The summed E-state index contributed by atoms with van der Waals surface area (Å²) in [5, 5.41) is 12.1. The fraction of sp³-hybridized carbons (Fsp3) is 0.467. The molecule has 5 heteroatoms. The molecule has 0 unspecified atom stereocenters. The molecule has 0 saturated carbocycles. The van der Waals surface area contributed by atoms with E-state index in [0.29, 0.717) is 18.7 Å². The van der Waals surface area contributed by atoms with Crippen LogP contribution in [0.25, 0.3) is 0 Å². The number of hydrogen-bond acceptors (Lipinski definition) is 4. The molecular weight excluding hydrogens is 256 g/mol. The van der Waals surface area contributed by atoms with E-state index in [1.807, 2.05) is 6.92 Å². The minimum atomic E-state index is -0.875. The van der Waals surface area contributed by atoms with E-state index in [2.05, 4.69) is 5.32 Å². The number of imide groups is 1. The first-order valence-corrected chi connectivity index (χ1v) is 6.66.